The lowest BCUT2D eigenvalue weighted by Crippen LogP contribution is -2.38. The average molecular weight is 288 g/mol. The van der Waals surface area contributed by atoms with Gasteiger partial charge in [0.25, 0.3) is 0 Å². The van der Waals surface area contributed by atoms with Crippen LogP contribution >= 0.6 is 0 Å². The first-order valence-electron chi connectivity index (χ1n) is 6.97. The molecule has 0 aromatic rings. The molecule has 19 heavy (non-hydrogen) atoms. The van der Waals surface area contributed by atoms with Crippen molar-refractivity contribution in [1.82, 2.24) is 0 Å². The molecule has 5 heteroatoms. The molecule has 4 nitrogen and oxygen atoms in total. The van der Waals surface area contributed by atoms with Gasteiger partial charge in [0.1, 0.15) is 0 Å². The van der Waals surface area contributed by atoms with E-state index >= 15 is 0 Å². The molecule has 0 heterocycles. The Morgan fingerprint density at radius 1 is 1.16 bits per heavy atom. The van der Waals surface area contributed by atoms with E-state index in [-0.39, 0.29) is 5.97 Å². The number of carbonyl (C=O) groups is 1. The first kappa shape index (κ1) is 18.3. The Hall–Kier alpha value is -0.653. The second-order valence-corrected chi connectivity index (χ2v) is 9.32. The Kier molecular flexibility index (Phi) is 9.82. The molecule has 0 spiro atoms. The summed E-state index contributed by atoms with van der Waals surface area (Å²) in [5, 5.41) is 0. The maximum Gasteiger partial charge on any atom is 0.333 e. The van der Waals surface area contributed by atoms with Crippen LogP contribution in [0.15, 0.2) is 12.2 Å². The van der Waals surface area contributed by atoms with E-state index in [4.69, 9.17) is 13.9 Å². The first-order chi connectivity index (χ1) is 9.01. The number of methoxy groups -OCH3 is 1. The molecule has 112 valence electrons. The average Bonchev–Trinajstić information content (AvgIpc) is 2.41. The lowest BCUT2D eigenvalue weighted by Gasteiger charge is -2.29. The molecular formula is C14H28O4Si. The smallest absolute Gasteiger partial charge is 0.333 e. The second-order valence-electron chi connectivity index (χ2n) is 4.75. The molecule has 0 amide bonds. The molecule has 0 saturated carbocycles. The van der Waals surface area contributed by atoms with Crippen molar-refractivity contribution in [3.05, 3.63) is 12.2 Å². The lowest BCUT2D eigenvalue weighted by molar-refractivity contribution is -0.138. The highest BCUT2D eigenvalue weighted by Crippen LogP contribution is 2.23. The van der Waals surface area contributed by atoms with E-state index in [9.17, 15) is 4.79 Å². The van der Waals surface area contributed by atoms with Gasteiger partial charge in [-0.25, -0.2) is 4.79 Å². The summed E-state index contributed by atoms with van der Waals surface area (Å²) in [5.74, 6) is -0.305. The van der Waals surface area contributed by atoms with E-state index in [1.807, 2.05) is 0 Å². The third kappa shape index (κ3) is 7.50. The van der Waals surface area contributed by atoms with Crippen LogP contribution in [0.2, 0.25) is 18.1 Å². The lowest BCUT2D eigenvalue weighted by atomic mass is 10.4. The zero-order chi connectivity index (χ0) is 14.7. The van der Waals surface area contributed by atoms with E-state index < -0.39 is 8.32 Å². The summed E-state index contributed by atoms with van der Waals surface area (Å²) in [4.78, 5) is 11.3. The van der Waals surface area contributed by atoms with Crippen molar-refractivity contribution >= 4 is 14.3 Å². The molecular weight excluding hydrogens is 260 g/mol. The zero-order valence-electron chi connectivity index (χ0n) is 12.8. The van der Waals surface area contributed by atoms with Crippen molar-refractivity contribution in [2.75, 3.05) is 26.9 Å². The molecule has 0 atom stereocenters. The van der Waals surface area contributed by atoms with Gasteiger partial charge in [0.05, 0.1) is 19.8 Å². The van der Waals surface area contributed by atoms with Gasteiger partial charge in [-0.05, 0) is 31.5 Å². The first-order valence-corrected chi connectivity index (χ1v) is 9.49. The zero-order valence-corrected chi connectivity index (χ0v) is 13.8. The minimum Gasteiger partial charge on any atom is -0.462 e. The predicted octanol–water partition coefficient (Wildman–Crippen LogP) is 3.14. The Morgan fingerprint density at radius 3 is 2.26 bits per heavy atom. The summed E-state index contributed by atoms with van der Waals surface area (Å²) < 4.78 is 16.2. The molecule has 0 aromatic carbocycles. The fraction of sp³-hybridized carbons (Fsp3) is 0.786. The molecule has 0 bridgehead atoms. The molecule has 0 aliphatic carbocycles. The number of ether oxygens (including phenoxy) is 2. The van der Waals surface area contributed by atoms with Crippen molar-refractivity contribution in [2.24, 2.45) is 0 Å². The monoisotopic (exact) mass is 288 g/mol. The van der Waals surface area contributed by atoms with Crippen LogP contribution < -0.4 is 0 Å². The quantitative estimate of drug-likeness (QED) is 0.253. The third-order valence-corrected chi connectivity index (χ3v) is 8.00. The van der Waals surface area contributed by atoms with Gasteiger partial charge in [0, 0.05) is 12.7 Å². The minimum atomic E-state index is -1.67. The van der Waals surface area contributed by atoms with E-state index in [1.54, 1.807) is 14.0 Å². The van der Waals surface area contributed by atoms with E-state index in [0.717, 1.165) is 24.6 Å². The second kappa shape index (κ2) is 10.2. The Labute approximate surface area is 118 Å². The summed E-state index contributed by atoms with van der Waals surface area (Å²) in [7, 11) is 0.00849. The fourth-order valence-electron chi connectivity index (χ4n) is 1.90. The summed E-state index contributed by atoms with van der Waals surface area (Å²) in [6.07, 6.45) is 0.861. The largest absolute Gasteiger partial charge is 0.462 e. The fourth-order valence-corrected chi connectivity index (χ4v) is 4.97. The third-order valence-electron chi connectivity index (χ3n) is 3.34. The van der Waals surface area contributed by atoms with Gasteiger partial charge in [-0.2, -0.15) is 0 Å². The van der Waals surface area contributed by atoms with Crippen LogP contribution in [-0.2, 0) is 18.7 Å². The number of esters is 1. The number of hydrogen-bond donors (Lipinski definition) is 0. The van der Waals surface area contributed by atoms with Crippen LogP contribution in [0, 0.1) is 0 Å². The Morgan fingerprint density at radius 2 is 1.79 bits per heavy atom. The van der Waals surface area contributed by atoms with E-state index in [1.165, 1.54) is 0 Å². The van der Waals surface area contributed by atoms with E-state index in [0.29, 0.717) is 25.4 Å². The number of rotatable bonds is 11. The van der Waals surface area contributed by atoms with E-state index in [2.05, 4.69) is 20.4 Å². The SMILES string of the molecule is C=C(C)C(=O)OCCC[Si](CC)(CC)OCCOC. The van der Waals surface area contributed by atoms with Crippen molar-refractivity contribution in [3.8, 4) is 0 Å². The molecule has 0 aliphatic heterocycles. The standard InChI is InChI=1S/C14H28O4Si/c1-6-19(7-2,18-11-10-16-5)12-8-9-17-14(15)13(3)4/h3,6-12H2,1-2,4-5H3. The maximum atomic E-state index is 11.3. The molecule has 0 fully saturated rings. The van der Waals surface area contributed by atoms with Crippen LogP contribution in [0.3, 0.4) is 0 Å². The molecule has 0 N–H and O–H groups in total. The highest BCUT2D eigenvalue weighted by molar-refractivity contribution is 6.73. The van der Waals surface area contributed by atoms with Crippen LogP contribution in [0.1, 0.15) is 27.2 Å². The topological polar surface area (TPSA) is 44.8 Å². The Balaban J connectivity index is 4.06. The number of carbonyl (C=O) groups excluding carboxylic acids is 1. The summed E-state index contributed by atoms with van der Waals surface area (Å²) >= 11 is 0. The number of hydrogen-bond acceptors (Lipinski definition) is 4. The van der Waals surface area contributed by atoms with Crippen LogP contribution in [0.4, 0.5) is 0 Å². The van der Waals surface area contributed by atoms with Gasteiger partial charge >= 0.3 is 5.97 Å². The predicted molar refractivity (Wildman–Crippen MR) is 79.7 cm³/mol. The maximum absolute atomic E-state index is 11.3. The van der Waals surface area contributed by atoms with Crippen molar-refractivity contribution in [1.29, 1.82) is 0 Å². The van der Waals surface area contributed by atoms with Gasteiger partial charge in [-0.1, -0.05) is 20.4 Å². The summed E-state index contributed by atoms with van der Waals surface area (Å²) in [6.45, 7) is 11.3. The van der Waals surface area contributed by atoms with Crippen LogP contribution in [0.5, 0.6) is 0 Å². The van der Waals surface area contributed by atoms with Gasteiger partial charge in [0.15, 0.2) is 8.32 Å². The molecule has 0 radical (unpaired) electrons. The van der Waals surface area contributed by atoms with Gasteiger partial charge in [-0.3, -0.25) is 0 Å². The molecule has 0 unspecified atom stereocenters. The normalized spacial score (nSPS) is 11.4. The van der Waals surface area contributed by atoms with Crippen molar-refractivity contribution in [3.63, 3.8) is 0 Å². The highest BCUT2D eigenvalue weighted by Gasteiger charge is 2.30. The van der Waals surface area contributed by atoms with Crippen LogP contribution in [-0.4, -0.2) is 41.2 Å². The molecule has 0 saturated heterocycles. The molecule has 0 aromatic heterocycles. The summed E-state index contributed by atoms with van der Waals surface area (Å²) in [5.41, 5.74) is 0.450. The minimum absolute atomic E-state index is 0.305. The highest BCUT2D eigenvalue weighted by atomic mass is 28.4. The van der Waals surface area contributed by atoms with Crippen molar-refractivity contribution < 1.29 is 18.7 Å². The molecule has 0 aliphatic rings. The van der Waals surface area contributed by atoms with Gasteiger partial charge in [0.2, 0.25) is 0 Å². The van der Waals surface area contributed by atoms with Gasteiger partial charge < -0.3 is 13.9 Å². The van der Waals surface area contributed by atoms with Gasteiger partial charge in [-0.15, -0.1) is 0 Å². The summed E-state index contributed by atoms with van der Waals surface area (Å²) in [6, 6.07) is 3.19. The molecule has 0 rings (SSSR count). The Bertz CT molecular complexity index is 275. The van der Waals surface area contributed by atoms with Crippen LogP contribution in [0.25, 0.3) is 0 Å². The van der Waals surface area contributed by atoms with Crippen molar-refractivity contribution in [2.45, 2.75) is 45.3 Å².